The van der Waals surface area contributed by atoms with Gasteiger partial charge >= 0.3 is 0 Å². The van der Waals surface area contributed by atoms with Crippen LogP contribution in [0.15, 0.2) is 23.2 Å². The highest BCUT2D eigenvalue weighted by Crippen LogP contribution is 2.23. The second-order valence-corrected chi connectivity index (χ2v) is 6.76. The first-order chi connectivity index (χ1) is 11.7. The SMILES string of the molecule is CN=C(NCC1CCCO1)N1CCN(c2cccc(C)c2C)CC1. The molecular formula is C19H30N4O. The molecular weight excluding hydrogens is 300 g/mol. The smallest absolute Gasteiger partial charge is 0.193 e. The van der Waals surface area contributed by atoms with Crippen LogP contribution in [0.5, 0.6) is 0 Å². The highest BCUT2D eigenvalue weighted by atomic mass is 16.5. The Morgan fingerprint density at radius 1 is 1.25 bits per heavy atom. The van der Waals surface area contributed by atoms with Crippen LogP contribution in [0.3, 0.4) is 0 Å². The number of benzene rings is 1. The molecule has 1 atom stereocenters. The van der Waals surface area contributed by atoms with Crippen LogP contribution in [0.4, 0.5) is 5.69 Å². The maximum absolute atomic E-state index is 5.69. The highest BCUT2D eigenvalue weighted by Gasteiger charge is 2.22. The van der Waals surface area contributed by atoms with E-state index in [4.69, 9.17) is 4.74 Å². The molecule has 2 heterocycles. The van der Waals surface area contributed by atoms with Gasteiger partial charge in [0.1, 0.15) is 0 Å². The minimum Gasteiger partial charge on any atom is -0.376 e. The number of nitrogens with zero attached hydrogens (tertiary/aromatic N) is 3. The third kappa shape index (κ3) is 3.83. The Kier molecular flexibility index (Phi) is 5.61. The number of aryl methyl sites for hydroxylation is 1. The first-order valence-corrected chi connectivity index (χ1v) is 9.07. The molecule has 0 aromatic heterocycles. The van der Waals surface area contributed by atoms with Crippen LogP contribution in [-0.2, 0) is 4.74 Å². The number of aliphatic imine (C=N–C) groups is 1. The lowest BCUT2D eigenvalue weighted by atomic mass is 10.1. The lowest BCUT2D eigenvalue weighted by molar-refractivity contribution is 0.113. The third-order valence-corrected chi connectivity index (χ3v) is 5.22. The quantitative estimate of drug-likeness (QED) is 0.681. The van der Waals surface area contributed by atoms with Crippen molar-refractivity contribution in [3.63, 3.8) is 0 Å². The van der Waals surface area contributed by atoms with E-state index >= 15 is 0 Å². The number of rotatable bonds is 3. The topological polar surface area (TPSA) is 40.1 Å². The fraction of sp³-hybridized carbons (Fsp3) is 0.632. The second-order valence-electron chi connectivity index (χ2n) is 6.76. The summed E-state index contributed by atoms with van der Waals surface area (Å²) in [5.74, 6) is 1.01. The molecule has 2 fully saturated rings. The molecule has 2 aliphatic heterocycles. The molecule has 0 saturated carbocycles. The average Bonchev–Trinajstić information content (AvgIpc) is 3.12. The van der Waals surface area contributed by atoms with Gasteiger partial charge in [-0.2, -0.15) is 0 Å². The number of piperazine rings is 1. The molecule has 5 heteroatoms. The van der Waals surface area contributed by atoms with Crippen LogP contribution < -0.4 is 10.2 Å². The second kappa shape index (κ2) is 7.88. The van der Waals surface area contributed by atoms with E-state index in [0.717, 1.165) is 51.7 Å². The zero-order chi connectivity index (χ0) is 16.9. The predicted molar refractivity (Wildman–Crippen MR) is 100 cm³/mol. The van der Waals surface area contributed by atoms with Gasteiger partial charge in [0.25, 0.3) is 0 Å². The summed E-state index contributed by atoms with van der Waals surface area (Å²) in [4.78, 5) is 9.31. The van der Waals surface area contributed by atoms with Gasteiger partial charge in [-0.25, -0.2) is 0 Å². The molecule has 24 heavy (non-hydrogen) atoms. The minimum absolute atomic E-state index is 0.345. The molecule has 2 saturated heterocycles. The van der Waals surface area contributed by atoms with Gasteiger partial charge in [-0.3, -0.25) is 4.99 Å². The van der Waals surface area contributed by atoms with Gasteiger partial charge in [0.05, 0.1) is 6.10 Å². The van der Waals surface area contributed by atoms with E-state index in [1.807, 2.05) is 7.05 Å². The Hall–Kier alpha value is -1.75. The van der Waals surface area contributed by atoms with Gasteiger partial charge in [-0.15, -0.1) is 0 Å². The average molecular weight is 330 g/mol. The van der Waals surface area contributed by atoms with E-state index in [0.29, 0.717) is 6.10 Å². The van der Waals surface area contributed by atoms with Gasteiger partial charge in [0, 0.05) is 52.1 Å². The summed E-state index contributed by atoms with van der Waals surface area (Å²) in [7, 11) is 1.87. The summed E-state index contributed by atoms with van der Waals surface area (Å²) in [6.07, 6.45) is 2.68. The van der Waals surface area contributed by atoms with E-state index in [-0.39, 0.29) is 0 Å². The van der Waals surface area contributed by atoms with Crippen molar-refractivity contribution < 1.29 is 4.74 Å². The fourth-order valence-electron chi connectivity index (χ4n) is 3.58. The molecule has 5 nitrogen and oxygen atoms in total. The number of anilines is 1. The molecule has 1 aromatic carbocycles. The maximum atomic E-state index is 5.69. The largest absolute Gasteiger partial charge is 0.376 e. The molecule has 0 radical (unpaired) electrons. The molecule has 0 bridgehead atoms. The van der Waals surface area contributed by atoms with E-state index < -0.39 is 0 Å². The van der Waals surface area contributed by atoms with Crippen molar-refractivity contribution >= 4 is 11.6 Å². The summed E-state index contributed by atoms with van der Waals surface area (Å²) in [5.41, 5.74) is 4.13. The van der Waals surface area contributed by atoms with Crippen molar-refractivity contribution in [3.8, 4) is 0 Å². The third-order valence-electron chi connectivity index (χ3n) is 5.22. The molecule has 1 unspecified atom stereocenters. The molecule has 0 amide bonds. The van der Waals surface area contributed by atoms with Crippen molar-refractivity contribution in [2.24, 2.45) is 4.99 Å². The number of ether oxygens (including phenoxy) is 1. The summed E-state index contributed by atoms with van der Waals surface area (Å²) in [6.45, 7) is 10.2. The highest BCUT2D eigenvalue weighted by molar-refractivity contribution is 5.80. The number of hydrogen-bond acceptors (Lipinski definition) is 3. The molecule has 1 aromatic rings. The van der Waals surface area contributed by atoms with Gasteiger partial charge in [0.15, 0.2) is 5.96 Å². The van der Waals surface area contributed by atoms with Gasteiger partial charge < -0.3 is 19.9 Å². The van der Waals surface area contributed by atoms with E-state index in [2.05, 4.69) is 52.2 Å². The fourth-order valence-corrected chi connectivity index (χ4v) is 3.58. The van der Waals surface area contributed by atoms with Crippen molar-refractivity contribution in [1.82, 2.24) is 10.2 Å². The van der Waals surface area contributed by atoms with E-state index in [9.17, 15) is 0 Å². The normalized spacial score (nSPS) is 22.1. The Labute approximate surface area is 145 Å². The molecule has 2 aliphatic rings. The predicted octanol–water partition coefficient (Wildman–Crippen LogP) is 2.18. The molecule has 1 N–H and O–H groups in total. The van der Waals surface area contributed by atoms with E-state index in [1.54, 1.807) is 0 Å². The Morgan fingerprint density at radius 2 is 2.04 bits per heavy atom. The Morgan fingerprint density at radius 3 is 2.71 bits per heavy atom. The first kappa shape index (κ1) is 17.1. The van der Waals surface area contributed by atoms with Gasteiger partial charge in [0.2, 0.25) is 0 Å². The van der Waals surface area contributed by atoms with Crippen LogP contribution in [0.1, 0.15) is 24.0 Å². The van der Waals surface area contributed by atoms with Crippen LogP contribution in [0.25, 0.3) is 0 Å². The van der Waals surface area contributed by atoms with Crippen molar-refractivity contribution in [1.29, 1.82) is 0 Å². The van der Waals surface area contributed by atoms with Crippen LogP contribution >= 0.6 is 0 Å². The monoisotopic (exact) mass is 330 g/mol. The molecule has 0 spiro atoms. The van der Waals surface area contributed by atoms with Crippen molar-refractivity contribution in [3.05, 3.63) is 29.3 Å². The lowest BCUT2D eigenvalue weighted by Gasteiger charge is -2.38. The maximum Gasteiger partial charge on any atom is 0.193 e. The molecule has 0 aliphatic carbocycles. The van der Waals surface area contributed by atoms with Crippen LogP contribution in [0.2, 0.25) is 0 Å². The Bertz CT molecular complexity index is 573. The van der Waals surface area contributed by atoms with Crippen LogP contribution in [-0.4, -0.2) is 63.3 Å². The van der Waals surface area contributed by atoms with Crippen LogP contribution in [0, 0.1) is 13.8 Å². The summed E-state index contributed by atoms with van der Waals surface area (Å²) in [6, 6.07) is 6.58. The number of guanidine groups is 1. The van der Waals surface area contributed by atoms with Gasteiger partial charge in [-0.05, 0) is 43.9 Å². The van der Waals surface area contributed by atoms with Crippen molar-refractivity contribution in [2.75, 3.05) is 51.3 Å². The van der Waals surface area contributed by atoms with Gasteiger partial charge in [-0.1, -0.05) is 12.1 Å². The summed E-state index contributed by atoms with van der Waals surface area (Å²) >= 11 is 0. The van der Waals surface area contributed by atoms with Crippen molar-refractivity contribution in [2.45, 2.75) is 32.8 Å². The first-order valence-electron chi connectivity index (χ1n) is 9.07. The number of nitrogens with one attached hydrogen (secondary N) is 1. The molecule has 132 valence electrons. The molecule has 3 rings (SSSR count). The number of hydrogen-bond donors (Lipinski definition) is 1. The summed E-state index contributed by atoms with van der Waals surface area (Å²) < 4.78 is 5.69. The summed E-state index contributed by atoms with van der Waals surface area (Å²) in [5, 5.41) is 3.49. The van der Waals surface area contributed by atoms with E-state index in [1.165, 1.54) is 23.2 Å². The lowest BCUT2D eigenvalue weighted by Crippen LogP contribution is -2.53. The minimum atomic E-state index is 0.345. The standard InChI is InChI=1S/C19H30N4O/c1-15-6-4-8-18(16(15)2)22-9-11-23(12-10-22)19(20-3)21-14-17-7-5-13-24-17/h4,6,8,17H,5,7,9-14H2,1-3H3,(H,20,21). The zero-order valence-corrected chi connectivity index (χ0v) is 15.2. The zero-order valence-electron chi connectivity index (χ0n) is 15.2. The Balaban J connectivity index is 1.54.